The fourth-order valence-electron chi connectivity index (χ4n) is 8.51. The fourth-order valence-corrected chi connectivity index (χ4v) is 9.90. The van der Waals surface area contributed by atoms with Gasteiger partial charge < -0.3 is 20.4 Å². The zero-order valence-electron chi connectivity index (χ0n) is 25.2. The lowest BCUT2D eigenvalue weighted by molar-refractivity contribution is 0.0468. The zero-order valence-corrected chi connectivity index (χ0v) is 28.3. The summed E-state index contributed by atoms with van der Waals surface area (Å²) in [6.45, 7) is 7.60. The summed E-state index contributed by atoms with van der Waals surface area (Å²) in [5, 5.41) is 40.0. The van der Waals surface area contributed by atoms with Crippen LogP contribution in [0.4, 0.5) is 0 Å². The van der Waals surface area contributed by atoms with E-state index in [-0.39, 0.29) is 24.0 Å². The molecule has 0 saturated heterocycles. The van der Waals surface area contributed by atoms with Gasteiger partial charge in [-0.15, -0.1) is 0 Å². The third kappa shape index (κ3) is 7.79. The van der Waals surface area contributed by atoms with E-state index in [0.717, 1.165) is 77.0 Å². The number of rotatable bonds is 12. The Kier molecular flexibility index (Phi) is 12.8. The summed E-state index contributed by atoms with van der Waals surface area (Å²) in [4.78, 5) is 0. The van der Waals surface area contributed by atoms with E-state index in [4.69, 9.17) is 46.4 Å². The minimum atomic E-state index is -0.981. The Morgan fingerprint density at radius 3 is 1.30 bits per heavy atom. The third-order valence-corrected chi connectivity index (χ3v) is 14.0. The van der Waals surface area contributed by atoms with Gasteiger partial charge in [0, 0.05) is 0 Å². The third-order valence-electron chi connectivity index (χ3n) is 11.2. The lowest BCUT2D eigenvalue weighted by atomic mass is 9.87. The topological polar surface area (TPSA) is 80.9 Å². The van der Waals surface area contributed by atoms with Gasteiger partial charge in [-0.25, -0.2) is 0 Å². The first-order chi connectivity index (χ1) is 18.6. The summed E-state index contributed by atoms with van der Waals surface area (Å²) in [5.41, 5.74) is -1.91. The Labute approximate surface area is 263 Å². The second-order valence-electron chi connectivity index (χ2n) is 14.1. The first-order valence-electron chi connectivity index (χ1n) is 16.2. The molecule has 0 bridgehead atoms. The normalized spacial score (nSPS) is 40.8. The zero-order chi connectivity index (χ0) is 29.9. The second kappa shape index (κ2) is 14.4. The highest BCUT2D eigenvalue weighted by Gasteiger charge is 2.63. The molecule has 40 heavy (non-hydrogen) atoms. The monoisotopic (exact) mass is 644 g/mol. The average molecular weight is 647 g/mol. The molecule has 0 radical (unpaired) electrons. The van der Waals surface area contributed by atoms with Crippen molar-refractivity contribution in [1.82, 2.24) is 0 Å². The number of aliphatic hydroxyl groups excluding tert-OH is 2. The van der Waals surface area contributed by atoms with Crippen molar-refractivity contribution in [3.63, 3.8) is 0 Å². The Hall–Kier alpha value is 1.00. The smallest absolute Gasteiger partial charge is 0.149 e. The van der Waals surface area contributed by atoms with Crippen molar-refractivity contribution in [1.29, 1.82) is 0 Å². The van der Waals surface area contributed by atoms with E-state index in [9.17, 15) is 20.4 Å². The molecule has 4 aliphatic carbocycles. The molecule has 0 spiro atoms. The largest absolute Gasteiger partial charge is 0.393 e. The van der Waals surface area contributed by atoms with Crippen LogP contribution in [0.3, 0.4) is 0 Å². The maximum absolute atomic E-state index is 10.4. The number of aliphatic hydroxyl groups is 4. The molecule has 0 aromatic heterocycles. The van der Waals surface area contributed by atoms with E-state index < -0.39 is 19.9 Å². The molecule has 0 aromatic rings. The molecular weight excluding hydrogens is 590 g/mol. The van der Waals surface area contributed by atoms with Crippen molar-refractivity contribution in [2.75, 3.05) is 0 Å². The highest BCUT2D eigenvalue weighted by molar-refractivity contribution is 6.50. The highest BCUT2D eigenvalue weighted by atomic mass is 35.5. The van der Waals surface area contributed by atoms with Crippen LogP contribution in [-0.4, -0.2) is 52.5 Å². The van der Waals surface area contributed by atoms with Crippen LogP contribution >= 0.6 is 46.4 Å². The van der Waals surface area contributed by atoms with Crippen molar-refractivity contribution in [3.8, 4) is 0 Å². The summed E-state index contributed by atoms with van der Waals surface area (Å²) in [6, 6.07) is 0. The second-order valence-corrected chi connectivity index (χ2v) is 16.9. The summed E-state index contributed by atoms with van der Waals surface area (Å²) in [7, 11) is 0. The molecule has 0 aromatic carbocycles. The average Bonchev–Trinajstić information content (AvgIpc) is 3.56. The van der Waals surface area contributed by atoms with Gasteiger partial charge in [0.1, 0.15) is 8.67 Å². The van der Waals surface area contributed by atoms with Crippen molar-refractivity contribution in [2.24, 2.45) is 35.5 Å². The molecule has 10 atom stereocenters. The Morgan fingerprint density at radius 1 is 0.625 bits per heavy atom. The maximum atomic E-state index is 10.4. The molecule has 4 N–H and O–H groups in total. The Balaban J connectivity index is 0.000000220. The van der Waals surface area contributed by atoms with Gasteiger partial charge in [0.05, 0.1) is 23.4 Å². The molecule has 0 aliphatic heterocycles. The van der Waals surface area contributed by atoms with Gasteiger partial charge >= 0.3 is 0 Å². The number of halogens is 4. The van der Waals surface area contributed by atoms with Gasteiger partial charge in [-0.1, -0.05) is 98.8 Å². The summed E-state index contributed by atoms with van der Waals surface area (Å²) in [6.07, 6.45) is 16.0. The maximum Gasteiger partial charge on any atom is 0.149 e. The van der Waals surface area contributed by atoms with Crippen LogP contribution in [0.15, 0.2) is 0 Å². The van der Waals surface area contributed by atoms with E-state index in [1.807, 2.05) is 13.8 Å². The number of hydrogen-bond acceptors (Lipinski definition) is 4. The molecule has 4 aliphatic rings. The van der Waals surface area contributed by atoms with E-state index >= 15 is 0 Å². The van der Waals surface area contributed by atoms with Crippen LogP contribution in [0, 0.1) is 35.5 Å². The number of fused-ring (bicyclic) bond motifs is 2. The predicted molar refractivity (Wildman–Crippen MR) is 168 cm³/mol. The SMILES string of the molecule is CCC(O)CCCCC1CCC2C1CC(C)(O)C2(Cl)Cl.CCC(O)CCCCC1CCC2C1CC(C)(O)C2(Cl)Cl. The minimum Gasteiger partial charge on any atom is -0.393 e. The molecule has 8 heteroatoms. The van der Waals surface area contributed by atoms with Crippen molar-refractivity contribution in [2.45, 2.75) is 163 Å². The van der Waals surface area contributed by atoms with Gasteiger partial charge in [0.15, 0.2) is 0 Å². The molecule has 4 nitrogen and oxygen atoms in total. The molecule has 4 rings (SSSR count). The molecular formula is C32H56Cl4O4. The van der Waals surface area contributed by atoms with E-state index in [1.165, 1.54) is 25.7 Å². The van der Waals surface area contributed by atoms with E-state index in [1.54, 1.807) is 13.8 Å². The summed E-state index contributed by atoms with van der Waals surface area (Å²) in [5.74, 6) is 2.71. The lowest BCUT2D eigenvalue weighted by Crippen LogP contribution is -2.41. The van der Waals surface area contributed by atoms with Crippen LogP contribution in [0.1, 0.15) is 130 Å². The number of unbranched alkanes of at least 4 members (excludes halogenated alkanes) is 2. The molecule has 236 valence electrons. The van der Waals surface area contributed by atoms with Crippen LogP contribution in [0.5, 0.6) is 0 Å². The molecule has 4 fully saturated rings. The van der Waals surface area contributed by atoms with Crippen molar-refractivity contribution >= 4 is 46.4 Å². The summed E-state index contributed by atoms with van der Waals surface area (Å²) < 4.78 is -1.96. The van der Waals surface area contributed by atoms with Crippen LogP contribution in [0.2, 0.25) is 0 Å². The first kappa shape index (κ1) is 35.5. The minimum absolute atomic E-state index is 0.142. The first-order valence-corrected chi connectivity index (χ1v) is 17.7. The molecule has 4 saturated carbocycles. The van der Waals surface area contributed by atoms with Crippen LogP contribution < -0.4 is 0 Å². The Bertz CT molecular complexity index is 725. The lowest BCUT2D eigenvalue weighted by Gasteiger charge is -2.32. The highest BCUT2D eigenvalue weighted by Crippen LogP contribution is 2.63. The molecule has 0 heterocycles. The van der Waals surface area contributed by atoms with E-state index in [0.29, 0.717) is 23.7 Å². The van der Waals surface area contributed by atoms with E-state index in [2.05, 4.69) is 0 Å². The van der Waals surface area contributed by atoms with Crippen molar-refractivity contribution < 1.29 is 20.4 Å². The van der Waals surface area contributed by atoms with Gasteiger partial charge in [0.25, 0.3) is 0 Å². The quantitative estimate of drug-likeness (QED) is 0.127. The molecule has 10 unspecified atom stereocenters. The van der Waals surface area contributed by atoms with Gasteiger partial charge in [-0.05, 0) is 114 Å². The molecule has 0 amide bonds. The fraction of sp³-hybridized carbons (Fsp3) is 1.00. The number of alkyl halides is 4. The predicted octanol–water partition coefficient (Wildman–Crippen LogP) is 8.58. The van der Waals surface area contributed by atoms with Gasteiger partial charge in [0.2, 0.25) is 0 Å². The Morgan fingerprint density at radius 2 is 0.975 bits per heavy atom. The van der Waals surface area contributed by atoms with Crippen LogP contribution in [0.25, 0.3) is 0 Å². The van der Waals surface area contributed by atoms with Gasteiger partial charge in [-0.2, -0.15) is 0 Å². The summed E-state index contributed by atoms with van der Waals surface area (Å²) >= 11 is 25.7. The van der Waals surface area contributed by atoms with Crippen molar-refractivity contribution in [3.05, 3.63) is 0 Å². The van der Waals surface area contributed by atoms with Crippen LogP contribution in [-0.2, 0) is 0 Å². The van der Waals surface area contributed by atoms with Gasteiger partial charge in [-0.3, -0.25) is 0 Å². The standard InChI is InChI=1S/2C16H28Cl2O2/c2*1-3-12(19)7-5-4-6-11-8-9-14-13(11)10-15(2,20)16(14,17)18/h2*11-14,19-20H,3-10H2,1-2H3. The number of hydrogen-bond donors (Lipinski definition) is 4.